The van der Waals surface area contributed by atoms with Gasteiger partial charge in [-0.05, 0) is 24.3 Å². The molecule has 3 aromatic heterocycles. The summed E-state index contributed by atoms with van der Waals surface area (Å²) in [5.74, 6) is -1.13. The Morgan fingerprint density at radius 1 is 0.852 bits per heavy atom. The number of hydrogen-bond acceptors (Lipinski definition) is 3. The van der Waals surface area contributed by atoms with E-state index in [1.165, 1.54) is 12.1 Å². The molecule has 0 radical (unpaired) electrons. The molecular formula is C21H12F2N4. The van der Waals surface area contributed by atoms with Crippen LogP contribution in [-0.2, 0) is 0 Å². The van der Waals surface area contributed by atoms with Crippen LogP contribution in [0.25, 0.3) is 38.9 Å². The average molecular weight is 358 g/mol. The molecule has 5 rings (SSSR count). The Hall–Kier alpha value is -3.67. The van der Waals surface area contributed by atoms with Gasteiger partial charge in [0.15, 0.2) is 5.82 Å². The lowest BCUT2D eigenvalue weighted by Gasteiger charge is -2.14. The minimum Gasteiger partial charge on any atom is -0.295 e. The van der Waals surface area contributed by atoms with Crippen molar-refractivity contribution in [2.75, 3.05) is 0 Å². The van der Waals surface area contributed by atoms with Gasteiger partial charge in [-0.2, -0.15) is 0 Å². The average Bonchev–Trinajstić information content (AvgIpc) is 3.12. The van der Waals surface area contributed by atoms with Crippen molar-refractivity contribution in [3.63, 3.8) is 0 Å². The van der Waals surface area contributed by atoms with E-state index in [0.717, 1.165) is 0 Å². The number of para-hydroxylation sites is 1. The van der Waals surface area contributed by atoms with Crippen molar-refractivity contribution in [3.8, 4) is 16.9 Å². The van der Waals surface area contributed by atoms with Crippen LogP contribution in [0.4, 0.5) is 8.78 Å². The summed E-state index contributed by atoms with van der Waals surface area (Å²) >= 11 is 0. The maximum absolute atomic E-state index is 15.7. The highest BCUT2D eigenvalue weighted by atomic mass is 19.1. The highest BCUT2D eigenvalue weighted by Gasteiger charge is 2.21. The molecule has 0 amide bonds. The molecule has 0 bridgehead atoms. The number of hydrogen-bond donors (Lipinski definition) is 0. The zero-order chi connectivity index (χ0) is 18.4. The summed E-state index contributed by atoms with van der Waals surface area (Å²) in [7, 11) is 0. The van der Waals surface area contributed by atoms with Crippen LogP contribution in [0.3, 0.4) is 0 Å². The van der Waals surface area contributed by atoms with Crippen LogP contribution >= 0.6 is 0 Å². The first-order chi connectivity index (χ1) is 13.2. The summed E-state index contributed by atoms with van der Waals surface area (Å²) in [4.78, 5) is 12.7. The molecule has 2 aromatic carbocycles. The van der Waals surface area contributed by atoms with Gasteiger partial charge < -0.3 is 0 Å². The fraction of sp³-hybridized carbons (Fsp3) is 0. The summed E-state index contributed by atoms with van der Waals surface area (Å²) in [6.45, 7) is 0. The van der Waals surface area contributed by atoms with Gasteiger partial charge in [-0.25, -0.2) is 18.7 Å². The van der Waals surface area contributed by atoms with E-state index in [-0.39, 0.29) is 16.9 Å². The molecule has 0 unspecified atom stereocenters. The van der Waals surface area contributed by atoms with Gasteiger partial charge in [0.1, 0.15) is 23.4 Å². The van der Waals surface area contributed by atoms with Crippen LogP contribution in [0.5, 0.6) is 0 Å². The first-order valence-electron chi connectivity index (χ1n) is 8.34. The van der Waals surface area contributed by atoms with E-state index in [9.17, 15) is 4.39 Å². The molecule has 130 valence electrons. The van der Waals surface area contributed by atoms with E-state index in [4.69, 9.17) is 0 Å². The number of halogens is 2. The molecule has 0 spiro atoms. The van der Waals surface area contributed by atoms with Crippen molar-refractivity contribution in [2.24, 2.45) is 0 Å². The van der Waals surface area contributed by atoms with E-state index in [0.29, 0.717) is 21.9 Å². The molecule has 4 nitrogen and oxygen atoms in total. The number of aromatic nitrogens is 4. The van der Waals surface area contributed by atoms with Gasteiger partial charge in [0.2, 0.25) is 0 Å². The Labute approximate surface area is 152 Å². The van der Waals surface area contributed by atoms with Gasteiger partial charge >= 0.3 is 0 Å². The quantitative estimate of drug-likeness (QED) is 0.450. The topological polar surface area (TPSA) is 43.6 Å². The maximum atomic E-state index is 15.7. The van der Waals surface area contributed by atoms with Crippen LogP contribution in [0.2, 0.25) is 0 Å². The molecule has 0 N–H and O–H groups in total. The third-order valence-electron chi connectivity index (χ3n) is 4.53. The minimum absolute atomic E-state index is 0.0299. The molecule has 0 saturated carbocycles. The summed E-state index contributed by atoms with van der Waals surface area (Å²) in [6, 6.07) is 15.0. The van der Waals surface area contributed by atoms with Crippen LogP contribution in [0.15, 0.2) is 73.3 Å². The lowest BCUT2D eigenvalue weighted by molar-refractivity contribution is 0.609. The largest absolute Gasteiger partial charge is 0.295 e. The Bertz CT molecular complexity index is 1310. The normalized spacial score (nSPS) is 11.3. The maximum Gasteiger partial charge on any atom is 0.174 e. The van der Waals surface area contributed by atoms with E-state index in [2.05, 4.69) is 15.0 Å². The molecular weight excluding hydrogens is 346 g/mol. The summed E-state index contributed by atoms with van der Waals surface area (Å²) < 4.78 is 31.7. The Morgan fingerprint density at radius 3 is 2.56 bits per heavy atom. The van der Waals surface area contributed by atoms with E-state index in [1.54, 1.807) is 53.6 Å². The van der Waals surface area contributed by atoms with Crippen molar-refractivity contribution < 1.29 is 8.78 Å². The third kappa shape index (κ3) is 2.38. The lowest BCUT2D eigenvalue weighted by atomic mass is 10.1. The minimum atomic E-state index is -0.602. The van der Waals surface area contributed by atoms with Gasteiger partial charge in [0.05, 0.1) is 22.9 Å². The third-order valence-corrected chi connectivity index (χ3v) is 4.53. The van der Waals surface area contributed by atoms with E-state index < -0.39 is 11.6 Å². The standard InChI is InChI=1S/C21H12F2N4/c22-15-7-3-1-5-13(15)20-19(23)21(14-6-2-4-8-16(14)26-20)27-12-25-17-11-24-10-9-18(17)27/h1-12H. The zero-order valence-corrected chi connectivity index (χ0v) is 14.0. The van der Waals surface area contributed by atoms with Crippen molar-refractivity contribution in [1.82, 2.24) is 19.5 Å². The van der Waals surface area contributed by atoms with Crippen LogP contribution in [0, 0.1) is 11.6 Å². The SMILES string of the molecule is Fc1ccccc1-c1nc2ccccc2c(-n2cnc3cnccc32)c1F. The van der Waals surface area contributed by atoms with Crippen molar-refractivity contribution in [3.05, 3.63) is 85.0 Å². The fourth-order valence-electron chi connectivity index (χ4n) is 3.28. The molecule has 5 aromatic rings. The highest BCUT2D eigenvalue weighted by molar-refractivity contribution is 5.92. The van der Waals surface area contributed by atoms with Gasteiger partial charge in [0, 0.05) is 17.1 Å². The van der Waals surface area contributed by atoms with Crippen LogP contribution < -0.4 is 0 Å². The first-order valence-corrected chi connectivity index (χ1v) is 8.34. The van der Waals surface area contributed by atoms with Gasteiger partial charge in [-0.3, -0.25) is 9.55 Å². The number of fused-ring (bicyclic) bond motifs is 2. The Kier molecular flexibility index (Phi) is 3.43. The van der Waals surface area contributed by atoms with Gasteiger partial charge in [-0.15, -0.1) is 0 Å². The monoisotopic (exact) mass is 358 g/mol. The number of pyridine rings is 2. The second-order valence-electron chi connectivity index (χ2n) is 6.10. The van der Waals surface area contributed by atoms with Crippen LogP contribution in [-0.4, -0.2) is 19.5 Å². The van der Waals surface area contributed by atoms with Gasteiger partial charge in [-0.1, -0.05) is 30.3 Å². The van der Waals surface area contributed by atoms with E-state index in [1.807, 2.05) is 12.1 Å². The summed E-state index contributed by atoms with van der Waals surface area (Å²) in [5.41, 5.74) is 2.30. The molecule has 3 heterocycles. The van der Waals surface area contributed by atoms with Crippen molar-refractivity contribution in [1.29, 1.82) is 0 Å². The second kappa shape index (κ2) is 5.95. The summed E-state index contributed by atoms with van der Waals surface area (Å²) in [5, 5.41) is 0.617. The van der Waals surface area contributed by atoms with Crippen LogP contribution in [0.1, 0.15) is 0 Å². The molecule has 0 atom stereocenters. The molecule has 6 heteroatoms. The Morgan fingerprint density at radius 2 is 1.67 bits per heavy atom. The molecule has 27 heavy (non-hydrogen) atoms. The first kappa shape index (κ1) is 15.6. The summed E-state index contributed by atoms with van der Waals surface area (Å²) in [6.07, 6.45) is 4.78. The molecule has 0 fully saturated rings. The fourth-order valence-corrected chi connectivity index (χ4v) is 3.28. The number of imidazole rings is 1. The van der Waals surface area contributed by atoms with Crippen molar-refractivity contribution in [2.45, 2.75) is 0 Å². The predicted molar refractivity (Wildman–Crippen MR) is 99.5 cm³/mol. The van der Waals surface area contributed by atoms with Gasteiger partial charge in [0.25, 0.3) is 0 Å². The molecule has 0 saturated heterocycles. The highest BCUT2D eigenvalue weighted by Crippen LogP contribution is 2.33. The second-order valence-corrected chi connectivity index (χ2v) is 6.10. The lowest BCUT2D eigenvalue weighted by Crippen LogP contribution is -2.03. The molecule has 0 aliphatic rings. The number of rotatable bonds is 2. The smallest absolute Gasteiger partial charge is 0.174 e. The molecule has 0 aliphatic heterocycles. The Balaban J connectivity index is 1.92. The van der Waals surface area contributed by atoms with Crippen molar-refractivity contribution >= 4 is 21.9 Å². The zero-order valence-electron chi connectivity index (χ0n) is 14.0. The molecule has 0 aliphatic carbocycles. The predicted octanol–water partition coefficient (Wildman–Crippen LogP) is 4.91. The van der Waals surface area contributed by atoms with E-state index >= 15 is 4.39 Å². The number of benzene rings is 2. The number of nitrogens with zero attached hydrogens (tertiary/aromatic N) is 4.